The lowest BCUT2D eigenvalue weighted by Crippen LogP contribution is -2.12. The largest absolute Gasteiger partial charge is 0.457 e. The highest BCUT2D eigenvalue weighted by molar-refractivity contribution is 6.30. The lowest BCUT2D eigenvalue weighted by atomic mass is 10.2. The number of ether oxygens (including phenoxy) is 1. The molecule has 0 amide bonds. The van der Waals surface area contributed by atoms with E-state index in [1.54, 1.807) is 18.2 Å². The summed E-state index contributed by atoms with van der Waals surface area (Å²) >= 11 is 5.99. The quantitative estimate of drug-likeness (QED) is 0.877. The van der Waals surface area contributed by atoms with E-state index in [2.05, 4.69) is 5.32 Å². The molecule has 4 heteroatoms. The van der Waals surface area contributed by atoms with Crippen LogP contribution in [0.15, 0.2) is 42.5 Å². The van der Waals surface area contributed by atoms with Gasteiger partial charge in [0.1, 0.15) is 17.3 Å². The molecule has 0 saturated heterocycles. The molecule has 0 unspecified atom stereocenters. The van der Waals surface area contributed by atoms with Crippen LogP contribution in [0, 0.1) is 5.82 Å². The normalized spacial score (nSPS) is 10.5. The van der Waals surface area contributed by atoms with Crippen molar-refractivity contribution in [2.75, 3.05) is 6.54 Å². The van der Waals surface area contributed by atoms with E-state index in [0.717, 1.165) is 17.9 Å². The first-order chi connectivity index (χ1) is 9.19. The van der Waals surface area contributed by atoms with Gasteiger partial charge in [-0.1, -0.05) is 18.5 Å². The molecule has 0 atom stereocenters. The van der Waals surface area contributed by atoms with Crippen LogP contribution in [0.25, 0.3) is 0 Å². The summed E-state index contributed by atoms with van der Waals surface area (Å²) in [5.74, 6) is 1.04. The van der Waals surface area contributed by atoms with E-state index in [1.807, 2.05) is 19.1 Å². The molecular weight excluding hydrogens is 265 g/mol. The van der Waals surface area contributed by atoms with Crippen molar-refractivity contribution in [3.63, 3.8) is 0 Å². The van der Waals surface area contributed by atoms with Crippen LogP contribution in [0.1, 0.15) is 12.5 Å². The summed E-state index contributed by atoms with van der Waals surface area (Å²) < 4.78 is 18.6. The van der Waals surface area contributed by atoms with Gasteiger partial charge >= 0.3 is 0 Å². The Hall–Kier alpha value is -1.58. The number of nitrogens with one attached hydrogen (secondary N) is 1. The maximum absolute atomic E-state index is 12.8. The SMILES string of the molecule is CCNCc1cc(Cl)ccc1Oc1ccc(F)cc1. The molecule has 2 rings (SSSR count). The van der Waals surface area contributed by atoms with Crippen molar-refractivity contribution in [2.45, 2.75) is 13.5 Å². The van der Waals surface area contributed by atoms with Gasteiger partial charge in [-0.05, 0) is 49.0 Å². The lowest BCUT2D eigenvalue weighted by Gasteiger charge is -2.12. The van der Waals surface area contributed by atoms with E-state index >= 15 is 0 Å². The van der Waals surface area contributed by atoms with E-state index < -0.39 is 0 Å². The maximum atomic E-state index is 12.8. The fourth-order valence-electron chi connectivity index (χ4n) is 1.68. The average molecular weight is 280 g/mol. The summed E-state index contributed by atoms with van der Waals surface area (Å²) in [5.41, 5.74) is 0.971. The molecule has 0 radical (unpaired) electrons. The molecule has 0 aliphatic rings. The number of hydrogen-bond acceptors (Lipinski definition) is 2. The molecule has 0 aliphatic heterocycles. The standard InChI is InChI=1S/C15H15ClFNO/c1-2-18-10-11-9-12(16)3-8-15(11)19-14-6-4-13(17)5-7-14/h3-9,18H,2,10H2,1H3. The zero-order valence-electron chi connectivity index (χ0n) is 10.6. The van der Waals surface area contributed by atoms with Crippen LogP contribution in [-0.4, -0.2) is 6.54 Å². The number of hydrogen-bond donors (Lipinski definition) is 1. The molecule has 2 nitrogen and oxygen atoms in total. The van der Waals surface area contributed by atoms with Crippen LogP contribution in [0.4, 0.5) is 4.39 Å². The zero-order chi connectivity index (χ0) is 13.7. The third-order valence-electron chi connectivity index (χ3n) is 2.63. The highest BCUT2D eigenvalue weighted by Crippen LogP contribution is 2.28. The molecule has 1 N–H and O–H groups in total. The van der Waals surface area contributed by atoms with Crippen molar-refractivity contribution in [2.24, 2.45) is 0 Å². The van der Waals surface area contributed by atoms with Gasteiger partial charge in [0.25, 0.3) is 0 Å². The minimum absolute atomic E-state index is 0.281. The molecule has 2 aromatic rings. The fourth-order valence-corrected chi connectivity index (χ4v) is 1.87. The first-order valence-electron chi connectivity index (χ1n) is 6.11. The van der Waals surface area contributed by atoms with Crippen molar-refractivity contribution >= 4 is 11.6 Å². The highest BCUT2D eigenvalue weighted by atomic mass is 35.5. The predicted molar refractivity (Wildman–Crippen MR) is 75.3 cm³/mol. The summed E-state index contributed by atoms with van der Waals surface area (Å²) in [5, 5.41) is 3.89. The molecular formula is C15H15ClFNO. The van der Waals surface area contributed by atoms with E-state index in [0.29, 0.717) is 17.3 Å². The van der Waals surface area contributed by atoms with Crippen molar-refractivity contribution < 1.29 is 9.13 Å². The second-order valence-electron chi connectivity index (χ2n) is 4.09. The van der Waals surface area contributed by atoms with Gasteiger partial charge in [-0.15, -0.1) is 0 Å². The molecule has 0 aromatic heterocycles. The van der Waals surface area contributed by atoms with Crippen molar-refractivity contribution in [1.82, 2.24) is 5.32 Å². The van der Waals surface area contributed by atoms with Gasteiger partial charge in [0, 0.05) is 17.1 Å². The highest BCUT2D eigenvalue weighted by Gasteiger charge is 2.06. The van der Waals surface area contributed by atoms with Crippen LogP contribution in [0.5, 0.6) is 11.5 Å². The van der Waals surface area contributed by atoms with E-state index in [-0.39, 0.29) is 5.82 Å². The van der Waals surface area contributed by atoms with Gasteiger partial charge < -0.3 is 10.1 Å². The molecule has 2 aromatic carbocycles. The smallest absolute Gasteiger partial charge is 0.132 e. The molecule has 0 aliphatic carbocycles. The molecule has 0 heterocycles. The van der Waals surface area contributed by atoms with E-state index in [1.165, 1.54) is 12.1 Å². The van der Waals surface area contributed by atoms with E-state index in [9.17, 15) is 4.39 Å². The fraction of sp³-hybridized carbons (Fsp3) is 0.200. The second-order valence-corrected chi connectivity index (χ2v) is 4.52. The Morgan fingerprint density at radius 2 is 1.89 bits per heavy atom. The Bertz CT molecular complexity index is 542. The monoisotopic (exact) mass is 279 g/mol. The van der Waals surface area contributed by atoms with Crippen LogP contribution in [-0.2, 0) is 6.54 Å². The van der Waals surface area contributed by atoms with Gasteiger partial charge in [0.05, 0.1) is 0 Å². The topological polar surface area (TPSA) is 21.3 Å². The third kappa shape index (κ3) is 3.94. The number of rotatable bonds is 5. The first kappa shape index (κ1) is 13.8. The predicted octanol–water partition coefficient (Wildman–Crippen LogP) is 4.38. The molecule has 0 saturated carbocycles. The van der Waals surface area contributed by atoms with Crippen molar-refractivity contribution in [1.29, 1.82) is 0 Å². The maximum Gasteiger partial charge on any atom is 0.132 e. The van der Waals surface area contributed by atoms with E-state index in [4.69, 9.17) is 16.3 Å². The minimum atomic E-state index is -0.281. The van der Waals surface area contributed by atoms with Crippen molar-refractivity contribution in [3.8, 4) is 11.5 Å². The Morgan fingerprint density at radius 3 is 2.58 bits per heavy atom. The van der Waals surface area contributed by atoms with Crippen LogP contribution in [0.3, 0.4) is 0 Å². The third-order valence-corrected chi connectivity index (χ3v) is 2.86. The first-order valence-corrected chi connectivity index (χ1v) is 6.49. The van der Waals surface area contributed by atoms with Crippen molar-refractivity contribution in [3.05, 3.63) is 58.9 Å². The molecule has 0 bridgehead atoms. The summed E-state index contributed by atoms with van der Waals surface area (Å²) in [4.78, 5) is 0. The Balaban J connectivity index is 2.20. The van der Waals surface area contributed by atoms with Gasteiger partial charge in [-0.3, -0.25) is 0 Å². The molecule has 19 heavy (non-hydrogen) atoms. The van der Waals surface area contributed by atoms with Gasteiger partial charge in [-0.2, -0.15) is 0 Å². The molecule has 0 spiro atoms. The summed E-state index contributed by atoms with van der Waals surface area (Å²) in [7, 11) is 0. The molecule has 100 valence electrons. The van der Waals surface area contributed by atoms with Crippen LogP contribution in [0.2, 0.25) is 5.02 Å². The van der Waals surface area contributed by atoms with Crippen LogP contribution < -0.4 is 10.1 Å². The number of benzene rings is 2. The zero-order valence-corrected chi connectivity index (χ0v) is 11.4. The Kier molecular flexibility index (Phi) is 4.77. The summed E-state index contributed by atoms with van der Waals surface area (Å²) in [6.07, 6.45) is 0. The lowest BCUT2D eigenvalue weighted by molar-refractivity contribution is 0.471. The minimum Gasteiger partial charge on any atom is -0.457 e. The van der Waals surface area contributed by atoms with Crippen LogP contribution >= 0.6 is 11.6 Å². The summed E-state index contributed by atoms with van der Waals surface area (Å²) in [6.45, 7) is 3.57. The second kappa shape index (κ2) is 6.55. The Morgan fingerprint density at radius 1 is 1.16 bits per heavy atom. The Labute approximate surface area is 117 Å². The molecule has 0 fully saturated rings. The number of halogens is 2. The van der Waals surface area contributed by atoms with Gasteiger partial charge in [0.15, 0.2) is 0 Å². The average Bonchev–Trinajstić information content (AvgIpc) is 2.41. The summed E-state index contributed by atoms with van der Waals surface area (Å²) in [6, 6.07) is 11.4. The van der Waals surface area contributed by atoms with Gasteiger partial charge in [-0.25, -0.2) is 4.39 Å². The van der Waals surface area contributed by atoms with Gasteiger partial charge in [0.2, 0.25) is 0 Å².